The molecule has 7 heteroatoms. The number of nitrogens with zero attached hydrogens (tertiary/aromatic N) is 2. The summed E-state index contributed by atoms with van der Waals surface area (Å²) in [6.45, 7) is 4.05. The minimum absolute atomic E-state index is 0.0754. The third kappa shape index (κ3) is 5.12. The van der Waals surface area contributed by atoms with Crippen LogP contribution in [0.1, 0.15) is 37.0 Å². The zero-order valence-electron chi connectivity index (χ0n) is 14.4. The van der Waals surface area contributed by atoms with Gasteiger partial charge >= 0.3 is 0 Å². The van der Waals surface area contributed by atoms with Crippen LogP contribution in [0.5, 0.6) is 0 Å². The molecule has 0 bridgehead atoms. The normalized spacial score (nSPS) is 19.6. The number of hydrogen-bond acceptors (Lipinski definition) is 5. The Morgan fingerprint density at radius 3 is 2.56 bits per heavy atom. The van der Waals surface area contributed by atoms with Gasteiger partial charge in [-0.25, -0.2) is 0 Å². The molecule has 3 rings (SSSR count). The van der Waals surface area contributed by atoms with Crippen molar-refractivity contribution >= 4 is 29.1 Å². The van der Waals surface area contributed by atoms with Gasteiger partial charge in [0.2, 0.25) is 17.7 Å². The fourth-order valence-corrected chi connectivity index (χ4v) is 4.15. The highest BCUT2D eigenvalue weighted by molar-refractivity contribution is 7.09. The molecule has 2 saturated heterocycles. The summed E-state index contributed by atoms with van der Waals surface area (Å²) in [6, 6.07) is 4.26. The Morgan fingerprint density at radius 1 is 1.20 bits per heavy atom. The highest BCUT2D eigenvalue weighted by Crippen LogP contribution is 2.20. The number of likely N-dealkylation sites (tertiary alicyclic amines) is 2. The number of carbonyl (C=O) groups is 3. The van der Waals surface area contributed by atoms with Crippen molar-refractivity contribution in [3.05, 3.63) is 22.4 Å². The monoisotopic (exact) mass is 363 g/mol. The van der Waals surface area contributed by atoms with Crippen LogP contribution in [0.15, 0.2) is 17.5 Å². The molecule has 1 N–H and O–H groups in total. The lowest BCUT2D eigenvalue weighted by Gasteiger charge is -2.31. The van der Waals surface area contributed by atoms with Crippen molar-refractivity contribution in [2.45, 2.75) is 38.6 Å². The second kappa shape index (κ2) is 8.58. The third-order valence-corrected chi connectivity index (χ3v) is 5.83. The van der Waals surface area contributed by atoms with Crippen molar-refractivity contribution < 1.29 is 14.4 Å². The molecule has 1 aromatic rings. The first-order chi connectivity index (χ1) is 12.1. The van der Waals surface area contributed by atoms with E-state index in [9.17, 15) is 14.4 Å². The maximum absolute atomic E-state index is 12.0. The number of piperidine rings is 1. The van der Waals surface area contributed by atoms with Crippen LogP contribution in [0, 0.1) is 5.92 Å². The van der Waals surface area contributed by atoms with E-state index in [1.165, 1.54) is 9.78 Å². The first-order valence-corrected chi connectivity index (χ1v) is 9.84. The van der Waals surface area contributed by atoms with Crippen LogP contribution in [0.3, 0.4) is 0 Å². The summed E-state index contributed by atoms with van der Waals surface area (Å²) in [7, 11) is 0. The maximum Gasteiger partial charge on any atom is 0.229 e. The van der Waals surface area contributed by atoms with Crippen molar-refractivity contribution in [1.29, 1.82) is 0 Å². The Morgan fingerprint density at radius 2 is 1.92 bits per heavy atom. The summed E-state index contributed by atoms with van der Waals surface area (Å²) in [5, 5.41) is 5.07. The smallest absolute Gasteiger partial charge is 0.229 e. The zero-order valence-corrected chi connectivity index (χ0v) is 15.2. The predicted octanol–water partition coefficient (Wildman–Crippen LogP) is 1.62. The van der Waals surface area contributed by atoms with Crippen molar-refractivity contribution in [3.63, 3.8) is 0 Å². The minimum Gasteiger partial charge on any atom is -0.356 e. The minimum atomic E-state index is -0.157. The number of nitrogens with one attached hydrogen (secondary N) is 1. The summed E-state index contributed by atoms with van der Waals surface area (Å²) in [5.41, 5.74) is 0. The van der Waals surface area contributed by atoms with E-state index in [-0.39, 0.29) is 43.5 Å². The van der Waals surface area contributed by atoms with Gasteiger partial charge in [-0.15, -0.1) is 11.3 Å². The number of hydrogen-bond donors (Lipinski definition) is 1. The summed E-state index contributed by atoms with van der Waals surface area (Å²) in [6.07, 6.45) is 2.95. The van der Waals surface area contributed by atoms with Gasteiger partial charge in [-0.3, -0.25) is 24.2 Å². The molecule has 3 amide bonds. The Labute approximate surface area is 152 Å². The van der Waals surface area contributed by atoms with Gasteiger partial charge in [0.15, 0.2) is 0 Å². The quantitative estimate of drug-likeness (QED) is 0.748. The largest absolute Gasteiger partial charge is 0.356 e. The maximum atomic E-state index is 12.0. The molecule has 0 aromatic carbocycles. The Hall–Kier alpha value is -1.73. The Balaban J connectivity index is 1.30. The fourth-order valence-electron chi connectivity index (χ4n) is 3.40. The highest BCUT2D eigenvalue weighted by Gasteiger charge is 2.28. The fraction of sp³-hybridized carbons (Fsp3) is 0.611. The van der Waals surface area contributed by atoms with Crippen LogP contribution in [0.25, 0.3) is 0 Å². The van der Waals surface area contributed by atoms with Gasteiger partial charge in [-0.1, -0.05) is 6.07 Å². The van der Waals surface area contributed by atoms with Crippen LogP contribution in [-0.4, -0.2) is 53.7 Å². The zero-order chi connectivity index (χ0) is 17.6. The predicted molar refractivity (Wildman–Crippen MR) is 95.9 cm³/mol. The number of thiophene rings is 1. The van der Waals surface area contributed by atoms with Crippen LogP contribution >= 0.6 is 11.3 Å². The van der Waals surface area contributed by atoms with Crippen molar-refractivity contribution in [1.82, 2.24) is 15.1 Å². The van der Waals surface area contributed by atoms with Gasteiger partial charge in [0.05, 0.1) is 0 Å². The van der Waals surface area contributed by atoms with Gasteiger partial charge in [0.1, 0.15) is 0 Å². The molecular weight excluding hydrogens is 338 g/mol. The molecule has 0 atom stereocenters. The average Bonchev–Trinajstić information content (AvgIpc) is 3.23. The van der Waals surface area contributed by atoms with E-state index in [2.05, 4.69) is 27.7 Å². The molecule has 0 radical (unpaired) electrons. The molecule has 0 unspecified atom stereocenters. The molecule has 1 aromatic heterocycles. The molecule has 0 aliphatic carbocycles. The van der Waals surface area contributed by atoms with E-state index < -0.39 is 0 Å². The summed E-state index contributed by atoms with van der Waals surface area (Å²) >= 11 is 1.80. The molecule has 25 heavy (non-hydrogen) atoms. The van der Waals surface area contributed by atoms with E-state index in [0.29, 0.717) is 12.5 Å². The molecular formula is C18H25N3O3S. The van der Waals surface area contributed by atoms with Gasteiger partial charge in [0, 0.05) is 43.8 Å². The van der Waals surface area contributed by atoms with E-state index in [4.69, 9.17) is 0 Å². The Kier molecular flexibility index (Phi) is 6.20. The number of carbonyl (C=O) groups excluding carboxylic acids is 3. The van der Waals surface area contributed by atoms with E-state index in [1.807, 2.05) is 0 Å². The van der Waals surface area contributed by atoms with Crippen LogP contribution < -0.4 is 5.32 Å². The second-order valence-corrected chi connectivity index (χ2v) is 7.82. The van der Waals surface area contributed by atoms with Gasteiger partial charge in [-0.2, -0.15) is 0 Å². The van der Waals surface area contributed by atoms with Crippen LogP contribution in [0.4, 0.5) is 0 Å². The second-order valence-electron chi connectivity index (χ2n) is 6.79. The van der Waals surface area contributed by atoms with E-state index in [0.717, 1.165) is 32.5 Å². The van der Waals surface area contributed by atoms with Crippen molar-refractivity contribution in [2.75, 3.05) is 26.2 Å². The number of amides is 3. The molecule has 2 fully saturated rings. The van der Waals surface area contributed by atoms with Crippen LogP contribution in [-0.2, 0) is 20.9 Å². The topological polar surface area (TPSA) is 69.7 Å². The lowest BCUT2D eigenvalue weighted by molar-refractivity contribution is -0.138. The first kappa shape index (κ1) is 18.1. The molecule has 2 aliphatic heterocycles. The lowest BCUT2D eigenvalue weighted by atomic mass is 9.96. The number of rotatable bonds is 7. The third-order valence-electron chi connectivity index (χ3n) is 4.97. The van der Waals surface area contributed by atoms with Gasteiger partial charge < -0.3 is 5.32 Å². The van der Waals surface area contributed by atoms with Crippen molar-refractivity contribution in [3.8, 4) is 0 Å². The first-order valence-electron chi connectivity index (χ1n) is 8.96. The summed E-state index contributed by atoms with van der Waals surface area (Å²) < 4.78 is 0. The van der Waals surface area contributed by atoms with Crippen molar-refractivity contribution in [2.24, 2.45) is 5.92 Å². The molecule has 136 valence electrons. The standard InChI is InChI=1S/C18H25N3O3S/c22-16(7-10-21-17(23)3-4-18(21)24)19-12-14-5-8-20(9-6-14)13-15-2-1-11-25-15/h1-2,11,14H,3-10,12-13H2,(H,19,22). The lowest BCUT2D eigenvalue weighted by Crippen LogP contribution is -2.39. The van der Waals surface area contributed by atoms with Gasteiger partial charge in [0.25, 0.3) is 0 Å². The summed E-state index contributed by atoms with van der Waals surface area (Å²) in [5.74, 6) is 0.124. The summed E-state index contributed by atoms with van der Waals surface area (Å²) in [4.78, 5) is 40.1. The van der Waals surface area contributed by atoms with Crippen LogP contribution in [0.2, 0.25) is 0 Å². The average molecular weight is 363 g/mol. The molecule has 0 saturated carbocycles. The highest BCUT2D eigenvalue weighted by atomic mass is 32.1. The SMILES string of the molecule is O=C(CCN1C(=O)CCC1=O)NCC1CCN(Cc2cccs2)CC1. The Bertz CT molecular complexity index is 593. The molecule has 3 heterocycles. The van der Waals surface area contributed by atoms with E-state index >= 15 is 0 Å². The van der Waals surface area contributed by atoms with E-state index in [1.54, 1.807) is 11.3 Å². The number of imide groups is 1. The molecule has 6 nitrogen and oxygen atoms in total. The molecule has 0 spiro atoms. The van der Waals surface area contributed by atoms with Gasteiger partial charge in [-0.05, 0) is 43.3 Å². The molecule has 2 aliphatic rings.